The molecule has 0 fully saturated rings. The fourth-order valence-electron chi connectivity index (χ4n) is 2.78. The van der Waals surface area contributed by atoms with Crippen LogP contribution in [0.4, 0.5) is 5.13 Å². The Morgan fingerprint density at radius 1 is 1.14 bits per heavy atom. The zero-order valence-corrected chi connectivity index (χ0v) is 18.3. The summed E-state index contributed by atoms with van der Waals surface area (Å²) in [6, 6.07) is 13.9. The predicted molar refractivity (Wildman–Crippen MR) is 119 cm³/mol. The summed E-state index contributed by atoms with van der Waals surface area (Å²) in [7, 11) is 5.66. The number of hydrogen-bond donors (Lipinski definition) is 0. The van der Waals surface area contributed by atoms with Gasteiger partial charge in [0.1, 0.15) is 5.75 Å². The van der Waals surface area contributed by atoms with Crippen molar-refractivity contribution in [2.75, 3.05) is 45.5 Å². The zero-order valence-electron chi connectivity index (χ0n) is 16.6. The highest BCUT2D eigenvalue weighted by molar-refractivity contribution is 7.98. The third-order valence-electron chi connectivity index (χ3n) is 4.40. The van der Waals surface area contributed by atoms with Gasteiger partial charge < -0.3 is 9.64 Å². The number of hydrogen-bond acceptors (Lipinski definition) is 6. The fraction of sp³-hybridized carbons (Fsp3) is 0.333. The summed E-state index contributed by atoms with van der Waals surface area (Å²) in [5, 5.41) is 0.758. The highest BCUT2D eigenvalue weighted by Gasteiger charge is 2.20. The maximum atomic E-state index is 13.1. The van der Waals surface area contributed by atoms with E-state index in [0.29, 0.717) is 13.0 Å². The second kappa shape index (κ2) is 9.41. The minimum absolute atomic E-state index is 0.0520. The highest BCUT2D eigenvalue weighted by atomic mass is 32.2. The van der Waals surface area contributed by atoms with Crippen LogP contribution in [0.25, 0.3) is 10.2 Å². The molecule has 1 amide bonds. The lowest BCUT2D eigenvalue weighted by Crippen LogP contribution is -2.37. The van der Waals surface area contributed by atoms with Crippen molar-refractivity contribution in [3.05, 3.63) is 48.0 Å². The first-order valence-electron chi connectivity index (χ1n) is 9.02. The molecule has 0 aliphatic carbocycles. The van der Waals surface area contributed by atoms with E-state index in [1.807, 2.05) is 49.3 Å². The molecular weight excluding hydrogens is 390 g/mol. The van der Waals surface area contributed by atoms with Crippen LogP contribution in [-0.4, -0.2) is 56.3 Å². The second-order valence-corrected chi connectivity index (χ2v) is 8.59. The molecule has 0 saturated carbocycles. The van der Waals surface area contributed by atoms with Crippen LogP contribution in [0, 0.1) is 0 Å². The number of carbonyl (C=O) groups is 1. The van der Waals surface area contributed by atoms with Crippen LogP contribution < -0.4 is 9.64 Å². The van der Waals surface area contributed by atoms with Gasteiger partial charge in [-0.05, 0) is 56.2 Å². The molecule has 0 radical (unpaired) electrons. The average Bonchev–Trinajstić information content (AvgIpc) is 3.11. The number of anilines is 1. The molecule has 28 heavy (non-hydrogen) atoms. The van der Waals surface area contributed by atoms with Gasteiger partial charge in [0.25, 0.3) is 0 Å². The lowest BCUT2D eigenvalue weighted by molar-refractivity contribution is -0.118. The summed E-state index contributed by atoms with van der Waals surface area (Å²) in [5.74, 6) is 0.840. The minimum Gasteiger partial charge on any atom is -0.497 e. The van der Waals surface area contributed by atoms with Gasteiger partial charge in [-0.3, -0.25) is 9.69 Å². The minimum atomic E-state index is 0.0520. The number of fused-ring (bicyclic) bond motifs is 1. The van der Waals surface area contributed by atoms with Crippen LogP contribution in [0.2, 0.25) is 0 Å². The molecule has 5 nitrogen and oxygen atoms in total. The van der Waals surface area contributed by atoms with Crippen molar-refractivity contribution in [3.63, 3.8) is 0 Å². The van der Waals surface area contributed by atoms with E-state index in [4.69, 9.17) is 9.72 Å². The summed E-state index contributed by atoms with van der Waals surface area (Å²) in [6.45, 7) is 1.39. The van der Waals surface area contributed by atoms with Crippen molar-refractivity contribution in [1.82, 2.24) is 9.88 Å². The first kappa shape index (κ1) is 20.6. The lowest BCUT2D eigenvalue weighted by atomic mass is 10.1. The van der Waals surface area contributed by atoms with Crippen LogP contribution in [0.5, 0.6) is 5.75 Å². The van der Waals surface area contributed by atoms with Gasteiger partial charge in [0.05, 0.1) is 23.7 Å². The van der Waals surface area contributed by atoms with E-state index in [9.17, 15) is 4.79 Å². The van der Waals surface area contributed by atoms with Gasteiger partial charge in [0.2, 0.25) is 5.91 Å². The van der Waals surface area contributed by atoms with Crippen LogP contribution in [-0.2, 0) is 11.2 Å². The van der Waals surface area contributed by atoms with E-state index in [2.05, 4.69) is 23.3 Å². The van der Waals surface area contributed by atoms with Gasteiger partial charge in [0.15, 0.2) is 5.13 Å². The monoisotopic (exact) mass is 415 g/mol. The van der Waals surface area contributed by atoms with Crippen LogP contribution in [0.1, 0.15) is 5.56 Å². The Hall–Kier alpha value is -2.09. The lowest BCUT2D eigenvalue weighted by Gasteiger charge is -2.22. The number of likely N-dealkylation sites (N-methyl/N-ethyl adjacent to an activating group) is 1. The molecule has 7 heteroatoms. The summed E-state index contributed by atoms with van der Waals surface area (Å²) in [5.41, 5.74) is 1.90. The van der Waals surface area contributed by atoms with E-state index in [1.54, 1.807) is 30.2 Å². The third kappa shape index (κ3) is 5.04. The Bertz CT molecular complexity index is 938. The van der Waals surface area contributed by atoms with Crippen LogP contribution in [0.15, 0.2) is 47.4 Å². The molecule has 0 N–H and O–H groups in total. The number of thioether (sulfide) groups is 1. The molecular formula is C21H25N3O2S2. The molecule has 2 aromatic carbocycles. The van der Waals surface area contributed by atoms with Gasteiger partial charge in [-0.2, -0.15) is 0 Å². The highest BCUT2D eigenvalue weighted by Crippen LogP contribution is 2.32. The SMILES string of the molecule is COc1ccc(CC(=O)N(CCN(C)C)c2nc3ccc(SC)cc3s2)cc1. The number of benzene rings is 2. The number of thiazole rings is 1. The number of methoxy groups -OCH3 is 1. The van der Waals surface area contributed by atoms with Crippen LogP contribution in [0.3, 0.4) is 0 Å². The maximum Gasteiger partial charge on any atom is 0.233 e. The Balaban J connectivity index is 1.85. The molecule has 0 spiro atoms. The third-order valence-corrected chi connectivity index (χ3v) is 6.17. The normalized spacial score (nSPS) is 11.2. The van der Waals surface area contributed by atoms with Gasteiger partial charge in [-0.1, -0.05) is 23.5 Å². The van der Waals surface area contributed by atoms with E-state index in [-0.39, 0.29) is 5.91 Å². The molecule has 0 saturated heterocycles. The first-order chi connectivity index (χ1) is 13.5. The van der Waals surface area contributed by atoms with Gasteiger partial charge in [0, 0.05) is 18.0 Å². The molecule has 1 aromatic heterocycles. The molecule has 0 aliphatic rings. The Morgan fingerprint density at radius 2 is 1.89 bits per heavy atom. The van der Waals surface area contributed by atoms with Crippen molar-refractivity contribution >= 4 is 44.4 Å². The number of ether oxygens (including phenoxy) is 1. The van der Waals surface area contributed by atoms with E-state index in [1.165, 1.54) is 4.90 Å². The fourth-order valence-corrected chi connectivity index (χ4v) is 4.34. The first-order valence-corrected chi connectivity index (χ1v) is 11.1. The van der Waals surface area contributed by atoms with Crippen molar-refractivity contribution in [2.24, 2.45) is 0 Å². The summed E-state index contributed by atoms with van der Waals surface area (Å²) in [6.07, 6.45) is 2.40. The Kier molecular flexibility index (Phi) is 6.93. The quantitative estimate of drug-likeness (QED) is 0.517. The zero-order chi connectivity index (χ0) is 20.1. The topological polar surface area (TPSA) is 45.7 Å². The molecule has 148 valence electrons. The predicted octanol–water partition coefficient (Wildman–Crippen LogP) is 4.16. The maximum absolute atomic E-state index is 13.1. The largest absolute Gasteiger partial charge is 0.497 e. The number of nitrogens with zero attached hydrogens (tertiary/aromatic N) is 3. The Morgan fingerprint density at radius 3 is 2.54 bits per heavy atom. The molecule has 0 unspecified atom stereocenters. The van der Waals surface area contributed by atoms with Crippen molar-refractivity contribution in [3.8, 4) is 5.75 Å². The molecule has 0 bridgehead atoms. The van der Waals surface area contributed by atoms with E-state index in [0.717, 1.165) is 33.2 Å². The molecule has 3 aromatic rings. The van der Waals surface area contributed by atoms with Gasteiger partial charge in [-0.25, -0.2) is 4.98 Å². The van der Waals surface area contributed by atoms with Crippen molar-refractivity contribution < 1.29 is 9.53 Å². The molecule has 0 aliphatic heterocycles. The number of carbonyl (C=O) groups excluding carboxylic acids is 1. The number of rotatable bonds is 8. The van der Waals surface area contributed by atoms with Crippen LogP contribution >= 0.6 is 23.1 Å². The van der Waals surface area contributed by atoms with Crippen molar-refractivity contribution in [2.45, 2.75) is 11.3 Å². The summed E-state index contributed by atoms with van der Waals surface area (Å²) < 4.78 is 6.30. The molecule has 0 atom stereocenters. The smallest absolute Gasteiger partial charge is 0.233 e. The average molecular weight is 416 g/mol. The number of aromatic nitrogens is 1. The number of amides is 1. The van der Waals surface area contributed by atoms with E-state index >= 15 is 0 Å². The van der Waals surface area contributed by atoms with Gasteiger partial charge in [-0.15, -0.1) is 11.8 Å². The van der Waals surface area contributed by atoms with Crippen molar-refractivity contribution in [1.29, 1.82) is 0 Å². The second-order valence-electron chi connectivity index (χ2n) is 6.70. The summed E-state index contributed by atoms with van der Waals surface area (Å²) >= 11 is 3.28. The Labute approximate surface area is 174 Å². The van der Waals surface area contributed by atoms with Gasteiger partial charge >= 0.3 is 0 Å². The standard InChI is InChI=1S/C21H25N3O2S2/c1-23(2)11-12-24(20(25)13-15-5-7-16(26-3)8-6-15)21-22-18-10-9-17(27-4)14-19(18)28-21/h5-10,14H,11-13H2,1-4H3. The van der Waals surface area contributed by atoms with E-state index < -0.39 is 0 Å². The molecule has 3 rings (SSSR count). The summed E-state index contributed by atoms with van der Waals surface area (Å²) in [4.78, 5) is 22.9. The molecule has 1 heterocycles.